The third kappa shape index (κ3) is 3.02. The van der Waals surface area contributed by atoms with E-state index in [0.29, 0.717) is 25.4 Å². The van der Waals surface area contributed by atoms with E-state index in [4.69, 9.17) is 0 Å². The fraction of sp³-hybridized carbons (Fsp3) is 0.818. The van der Waals surface area contributed by atoms with Gasteiger partial charge in [0.2, 0.25) is 5.91 Å². The molecule has 1 amide bonds. The van der Waals surface area contributed by atoms with E-state index < -0.39 is 0 Å². The molecule has 1 fully saturated rings. The van der Waals surface area contributed by atoms with Crippen LogP contribution in [0.15, 0.2) is 0 Å². The van der Waals surface area contributed by atoms with E-state index in [-0.39, 0.29) is 11.9 Å². The maximum absolute atomic E-state index is 11.7. The Bertz CT molecular complexity index is 241. The topological polar surface area (TPSA) is 40.6 Å². The van der Waals surface area contributed by atoms with Crippen LogP contribution in [0, 0.1) is 5.92 Å². The van der Waals surface area contributed by atoms with Gasteiger partial charge in [0, 0.05) is 32.6 Å². The normalized spacial score (nSPS) is 23.6. The lowest BCUT2D eigenvalue weighted by Gasteiger charge is -2.41. The van der Waals surface area contributed by atoms with Crippen molar-refractivity contribution in [2.24, 2.45) is 5.92 Å². The van der Waals surface area contributed by atoms with Gasteiger partial charge >= 0.3 is 0 Å². The minimum absolute atomic E-state index is 0.158. The molecule has 0 bridgehead atoms. The molecule has 86 valence electrons. The lowest BCUT2D eigenvalue weighted by Crippen LogP contribution is -2.56. The van der Waals surface area contributed by atoms with Crippen LogP contribution in [-0.2, 0) is 9.59 Å². The van der Waals surface area contributed by atoms with Crippen molar-refractivity contribution < 1.29 is 9.59 Å². The largest absolute Gasteiger partial charge is 0.340 e. The fourth-order valence-electron chi connectivity index (χ4n) is 2.00. The number of amides is 1. The minimum Gasteiger partial charge on any atom is -0.340 e. The fourth-order valence-corrected chi connectivity index (χ4v) is 2.00. The van der Waals surface area contributed by atoms with Gasteiger partial charge in [0.05, 0.1) is 6.54 Å². The zero-order valence-electron chi connectivity index (χ0n) is 9.77. The quantitative estimate of drug-likeness (QED) is 0.632. The Labute approximate surface area is 91.2 Å². The summed E-state index contributed by atoms with van der Waals surface area (Å²) in [5.74, 6) is 0.615. The van der Waals surface area contributed by atoms with Crippen LogP contribution in [0.1, 0.15) is 20.3 Å². The lowest BCUT2D eigenvalue weighted by molar-refractivity contribution is -0.139. The summed E-state index contributed by atoms with van der Waals surface area (Å²) >= 11 is 0. The number of nitrogens with zero attached hydrogens (tertiary/aromatic N) is 2. The van der Waals surface area contributed by atoms with Crippen LogP contribution in [0.25, 0.3) is 0 Å². The van der Waals surface area contributed by atoms with Gasteiger partial charge < -0.3 is 9.69 Å². The molecule has 1 aliphatic rings. The summed E-state index contributed by atoms with van der Waals surface area (Å²) in [5.41, 5.74) is 0. The van der Waals surface area contributed by atoms with E-state index in [9.17, 15) is 9.59 Å². The molecule has 1 unspecified atom stereocenters. The van der Waals surface area contributed by atoms with Gasteiger partial charge in [0.1, 0.15) is 6.29 Å². The molecule has 1 heterocycles. The number of piperazine rings is 1. The Morgan fingerprint density at radius 3 is 2.73 bits per heavy atom. The van der Waals surface area contributed by atoms with Crippen molar-refractivity contribution in [2.45, 2.75) is 26.3 Å². The molecule has 15 heavy (non-hydrogen) atoms. The first-order chi connectivity index (χ1) is 7.06. The molecule has 1 atom stereocenters. The number of aldehydes is 1. The van der Waals surface area contributed by atoms with Gasteiger partial charge in [-0.2, -0.15) is 0 Å². The third-order valence-corrected chi connectivity index (χ3v) is 3.03. The van der Waals surface area contributed by atoms with E-state index in [1.807, 2.05) is 11.9 Å². The van der Waals surface area contributed by atoms with Crippen LogP contribution in [0.4, 0.5) is 0 Å². The second-order valence-corrected chi connectivity index (χ2v) is 4.51. The van der Waals surface area contributed by atoms with Gasteiger partial charge in [-0.05, 0) is 5.92 Å². The van der Waals surface area contributed by atoms with Crippen molar-refractivity contribution in [3.05, 3.63) is 0 Å². The monoisotopic (exact) mass is 212 g/mol. The van der Waals surface area contributed by atoms with Gasteiger partial charge in [-0.25, -0.2) is 0 Å². The molecule has 4 nitrogen and oxygen atoms in total. The highest BCUT2D eigenvalue weighted by Gasteiger charge is 2.31. The number of rotatable bonds is 4. The van der Waals surface area contributed by atoms with Crippen LogP contribution < -0.4 is 0 Å². The molecule has 0 radical (unpaired) electrons. The van der Waals surface area contributed by atoms with E-state index in [1.165, 1.54) is 0 Å². The van der Waals surface area contributed by atoms with Gasteiger partial charge in [-0.15, -0.1) is 0 Å². The maximum Gasteiger partial charge on any atom is 0.236 e. The zero-order chi connectivity index (χ0) is 11.4. The SMILES string of the molecule is CC(C)C1CN(CCC=O)CC(=O)N1C. The van der Waals surface area contributed by atoms with Crippen LogP contribution in [0.5, 0.6) is 0 Å². The molecule has 0 aromatic carbocycles. The predicted molar refractivity (Wildman–Crippen MR) is 58.5 cm³/mol. The summed E-state index contributed by atoms with van der Waals surface area (Å²) in [6.07, 6.45) is 1.43. The van der Waals surface area contributed by atoms with Crippen molar-refractivity contribution in [3.63, 3.8) is 0 Å². The molecule has 0 saturated carbocycles. The Morgan fingerprint density at radius 2 is 2.20 bits per heavy atom. The molecule has 1 rings (SSSR count). The Kier molecular flexibility index (Phi) is 4.27. The van der Waals surface area contributed by atoms with Crippen molar-refractivity contribution in [3.8, 4) is 0 Å². The van der Waals surface area contributed by atoms with E-state index in [0.717, 1.165) is 12.8 Å². The van der Waals surface area contributed by atoms with Crippen molar-refractivity contribution >= 4 is 12.2 Å². The van der Waals surface area contributed by atoms with Crippen LogP contribution in [0.3, 0.4) is 0 Å². The standard InChI is InChI=1S/C11H20N2O2/c1-9(2)10-7-13(5-4-6-14)8-11(15)12(10)3/h6,9-10H,4-5,7-8H2,1-3H3. The zero-order valence-corrected chi connectivity index (χ0v) is 9.77. The summed E-state index contributed by atoms with van der Waals surface area (Å²) in [7, 11) is 1.87. The first-order valence-corrected chi connectivity index (χ1v) is 5.48. The Hall–Kier alpha value is -0.900. The molecule has 0 aromatic rings. The highest BCUT2D eigenvalue weighted by atomic mass is 16.2. The first kappa shape index (κ1) is 12.2. The van der Waals surface area contributed by atoms with Gasteiger partial charge in [-0.3, -0.25) is 9.69 Å². The van der Waals surface area contributed by atoms with E-state index in [2.05, 4.69) is 18.7 Å². The molecule has 4 heteroatoms. The molecule has 0 spiro atoms. The highest BCUT2D eigenvalue weighted by molar-refractivity contribution is 5.79. The second kappa shape index (κ2) is 5.26. The van der Waals surface area contributed by atoms with Crippen LogP contribution in [-0.4, -0.2) is 54.7 Å². The molecule has 0 aromatic heterocycles. The third-order valence-electron chi connectivity index (χ3n) is 3.03. The number of hydrogen-bond acceptors (Lipinski definition) is 3. The Morgan fingerprint density at radius 1 is 1.53 bits per heavy atom. The summed E-state index contributed by atoms with van der Waals surface area (Å²) in [4.78, 5) is 25.9. The summed E-state index contributed by atoms with van der Waals surface area (Å²) in [6.45, 7) is 6.28. The van der Waals surface area contributed by atoms with Crippen molar-refractivity contribution in [1.82, 2.24) is 9.80 Å². The smallest absolute Gasteiger partial charge is 0.236 e. The maximum atomic E-state index is 11.7. The van der Waals surface area contributed by atoms with Crippen molar-refractivity contribution in [2.75, 3.05) is 26.7 Å². The average Bonchev–Trinajstić information content (AvgIpc) is 2.19. The molecule has 0 aliphatic carbocycles. The van der Waals surface area contributed by atoms with E-state index in [1.54, 1.807) is 0 Å². The number of likely N-dealkylation sites (N-methyl/N-ethyl adjacent to an activating group) is 1. The molecular formula is C11H20N2O2. The number of hydrogen-bond donors (Lipinski definition) is 0. The highest BCUT2D eigenvalue weighted by Crippen LogP contribution is 2.16. The molecule has 1 saturated heterocycles. The van der Waals surface area contributed by atoms with Crippen LogP contribution >= 0.6 is 0 Å². The number of carbonyl (C=O) groups excluding carboxylic acids is 2. The van der Waals surface area contributed by atoms with Gasteiger partial charge in [0.25, 0.3) is 0 Å². The predicted octanol–water partition coefficient (Wildman–Crippen LogP) is 0.374. The van der Waals surface area contributed by atoms with E-state index >= 15 is 0 Å². The van der Waals surface area contributed by atoms with Gasteiger partial charge in [-0.1, -0.05) is 13.8 Å². The second-order valence-electron chi connectivity index (χ2n) is 4.51. The molecule has 0 N–H and O–H groups in total. The van der Waals surface area contributed by atoms with Gasteiger partial charge in [0.15, 0.2) is 0 Å². The first-order valence-electron chi connectivity index (χ1n) is 5.48. The average molecular weight is 212 g/mol. The minimum atomic E-state index is 0.158. The number of carbonyl (C=O) groups is 2. The summed E-state index contributed by atoms with van der Waals surface area (Å²) in [5, 5.41) is 0. The summed E-state index contributed by atoms with van der Waals surface area (Å²) < 4.78 is 0. The van der Waals surface area contributed by atoms with Crippen molar-refractivity contribution in [1.29, 1.82) is 0 Å². The Balaban J connectivity index is 2.58. The molecule has 1 aliphatic heterocycles. The summed E-state index contributed by atoms with van der Waals surface area (Å²) in [6, 6.07) is 0.276. The lowest BCUT2D eigenvalue weighted by atomic mass is 10.00. The van der Waals surface area contributed by atoms with Crippen LogP contribution in [0.2, 0.25) is 0 Å². The molecular weight excluding hydrogens is 192 g/mol.